The fourth-order valence-corrected chi connectivity index (χ4v) is 1.84. The van der Waals surface area contributed by atoms with Gasteiger partial charge in [-0.2, -0.15) is 0 Å². The van der Waals surface area contributed by atoms with Crippen molar-refractivity contribution in [2.75, 3.05) is 12.4 Å². The van der Waals surface area contributed by atoms with E-state index in [1.165, 1.54) is 11.8 Å². The average molecular weight is 234 g/mol. The van der Waals surface area contributed by atoms with Crippen LogP contribution in [-0.4, -0.2) is 22.5 Å². The fourth-order valence-electron chi connectivity index (χ4n) is 0.620. The molecule has 0 unspecified atom stereocenters. The van der Waals surface area contributed by atoms with E-state index in [0.717, 1.165) is 9.50 Å². The normalized spacial score (nSPS) is 10.0. The van der Waals surface area contributed by atoms with Crippen LogP contribution in [0, 0.1) is 0 Å². The number of thioether (sulfide) groups is 1. The van der Waals surface area contributed by atoms with E-state index in [4.69, 9.17) is 5.11 Å². The van der Waals surface area contributed by atoms with Crippen LogP contribution in [0.15, 0.2) is 27.8 Å². The van der Waals surface area contributed by atoms with Crippen molar-refractivity contribution in [2.45, 2.75) is 5.03 Å². The summed E-state index contributed by atoms with van der Waals surface area (Å²) in [5, 5.41) is 9.49. The molecule has 0 radical (unpaired) electrons. The number of nitrogens with zero attached hydrogens (tertiary/aromatic N) is 1. The lowest BCUT2D eigenvalue weighted by molar-refractivity contribution is 0.322. The Bertz CT molecular complexity index is 231. The van der Waals surface area contributed by atoms with Gasteiger partial charge >= 0.3 is 0 Å². The van der Waals surface area contributed by atoms with E-state index in [0.29, 0.717) is 5.75 Å². The van der Waals surface area contributed by atoms with Crippen LogP contribution in [0.5, 0.6) is 0 Å². The van der Waals surface area contributed by atoms with Gasteiger partial charge in [0.15, 0.2) is 0 Å². The lowest BCUT2D eigenvalue weighted by Gasteiger charge is -1.99. The molecule has 2 nitrogen and oxygen atoms in total. The Kier molecular flexibility index (Phi) is 3.90. The van der Waals surface area contributed by atoms with Gasteiger partial charge in [0.1, 0.15) is 5.03 Å². The van der Waals surface area contributed by atoms with Crippen molar-refractivity contribution in [3.05, 3.63) is 22.8 Å². The zero-order valence-electron chi connectivity index (χ0n) is 5.83. The highest BCUT2D eigenvalue weighted by Crippen LogP contribution is 2.23. The summed E-state index contributed by atoms with van der Waals surface area (Å²) in [4.78, 5) is 4.12. The van der Waals surface area contributed by atoms with Crippen LogP contribution in [0.1, 0.15) is 0 Å². The molecule has 60 valence electrons. The Morgan fingerprint density at radius 1 is 1.64 bits per heavy atom. The minimum absolute atomic E-state index is 0.188. The Balaban J connectivity index is 2.62. The maximum Gasteiger partial charge on any atom is 0.110 e. The van der Waals surface area contributed by atoms with Crippen molar-refractivity contribution in [3.63, 3.8) is 0 Å². The van der Waals surface area contributed by atoms with E-state index in [1.807, 2.05) is 12.1 Å². The molecule has 0 fully saturated rings. The minimum Gasteiger partial charge on any atom is -0.396 e. The minimum atomic E-state index is 0.188. The molecule has 0 aromatic carbocycles. The van der Waals surface area contributed by atoms with Crippen molar-refractivity contribution >= 4 is 27.7 Å². The zero-order chi connectivity index (χ0) is 8.10. The van der Waals surface area contributed by atoms with Crippen molar-refractivity contribution in [3.8, 4) is 0 Å². The molecule has 1 heterocycles. The summed E-state index contributed by atoms with van der Waals surface area (Å²) in [7, 11) is 0. The smallest absolute Gasteiger partial charge is 0.110 e. The standard InChI is InChI=1S/C7H8BrNOS/c8-6-2-1-3-9-7(6)11-5-4-10/h1-3,10H,4-5H2. The van der Waals surface area contributed by atoms with E-state index in [2.05, 4.69) is 20.9 Å². The molecule has 1 aromatic heterocycles. The van der Waals surface area contributed by atoms with Gasteiger partial charge in [0, 0.05) is 16.4 Å². The summed E-state index contributed by atoms with van der Waals surface area (Å²) in [6, 6.07) is 3.81. The fraction of sp³-hybridized carbons (Fsp3) is 0.286. The van der Waals surface area contributed by atoms with Gasteiger partial charge in [0.2, 0.25) is 0 Å². The topological polar surface area (TPSA) is 33.1 Å². The third-order valence-corrected chi connectivity index (χ3v) is 2.94. The number of halogens is 1. The van der Waals surface area contributed by atoms with Gasteiger partial charge in [-0.25, -0.2) is 4.98 Å². The van der Waals surface area contributed by atoms with Crippen molar-refractivity contribution in [1.82, 2.24) is 4.98 Å². The van der Waals surface area contributed by atoms with Gasteiger partial charge in [0.05, 0.1) is 6.61 Å². The summed E-state index contributed by atoms with van der Waals surface area (Å²) in [5.41, 5.74) is 0. The highest BCUT2D eigenvalue weighted by Gasteiger charge is 1.98. The molecule has 11 heavy (non-hydrogen) atoms. The van der Waals surface area contributed by atoms with Gasteiger partial charge in [-0.15, -0.1) is 11.8 Å². The maximum absolute atomic E-state index is 8.55. The van der Waals surface area contributed by atoms with Crippen molar-refractivity contribution < 1.29 is 5.11 Å². The molecule has 0 saturated carbocycles. The number of rotatable bonds is 3. The molecule has 0 aliphatic carbocycles. The number of aliphatic hydroxyl groups is 1. The van der Waals surface area contributed by atoms with Crippen LogP contribution in [0.2, 0.25) is 0 Å². The highest BCUT2D eigenvalue weighted by molar-refractivity contribution is 9.10. The maximum atomic E-state index is 8.55. The molecule has 0 aliphatic heterocycles. The first-order chi connectivity index (χ1) is 5.34. The first kappa shape index (κ1) is 9.03. The monoisotopic (exact) mass is 233 g/mol. The molecule has 0 spiro atoms. The third-order valence-electron chi connectivity index (χ3n) is 1.05. The summed E-state index contributed by atoms with van der Waals surface area (Å²) in [6.45, 7) is 0.188. The molecular formula is C7H8BrNOS. The lowest BCUT2D eigenvalue weighted by Crippen LogP contribution is -1.87. The van der Waals surface area contributed by atoms with Crippen LogP contribution in [0.25, 0.3) is 0 Å². The van der Waals surface area contributed by atoms with Gasteiger partial charge in [-0.3, -0.25) is 0 Å². The molecule has 0 atom stereocenters. The average Bonchev–Trinajstić information content (AvgIpc) is 2.03. The van der Waals surface area contributed by atoms with Crippen LogP contribution < -0.4 is 0 Å². The van der Waals surface area contributed by atoms with Crippen LogP contribution in [0.4, 0.5) is 0 Å². The summed E-state index contributed by atoms with van der Waals surface area (Å²) >= 11 is 4.90. The third kappa shape index (κ3) is 2.81. The Labute approximate surface area is 78.2 Å². The number of hydrogen-bond donors (Lipinski definition) is 1. The largest absolute Gasteiger partial charge is 0.396 e. The summed E-state index contributed by atoms with van der Waals surface area (Å²) in [6.07, 6.45) is 1.74. The van der Waals surface area contributed by atoms with E-state index in [-0.39, 0.29) is 6.61 Å². The second-order valence-electron chi connectivity index (χ2n) is 1.86. The number of pyridine rings is 1. The molecule has 4 heteroatoms. The van der Waals surface area contributed by atoms with Gasteiger partial charge in [-0.05, 0) is 28.1 Å². The van der Waals surface area contributed by atoms with Gasteiger partial charge in [-0.1, -0.05) is 0 Å². The molecule has 1 N–H and O–H groups in total. The SMILES string of the molecule is OCCSc1ncccc1Br. The highest BCUT2D eigenvalue weighted by atomic mass is 79.9. The van der Waals surface area contributed by atoms with Crippen LogP contribution in [0.3, 0.4) is 0 Å². The van der Waals surface area contributed by atoms with Gasteiger partial charge < -0.3 is 5.11 Å². The number of hydrogen-bond acceptors (Lipinski definition) is 3. The lowest BCUT2D eigenvalue weighted by atomic mass is 10.5. The van der Waals surface area contributed by atoms with E-state index in [9.17, 15) is 0 Å². The number of aliphatic hydroxyl groups excluding tert-OH is 1. The predicted octanol–water partition coefficient (Wildman–Crippen LogP) is 1.93. The van der Waals surface area contributed by atoms with E-state index in [1.54, 1.807) is 6.20 Å². The second-order valence-corrected chi connectivity index (χ2v) is 3.80. The zero-order valence-corrected chi connectivity index (χ0v) is 8.23. The molecule has 1 aromatic rings. The molecule has 0 bridgehead atoms. The Morgan fingerprint density at radius 3 is 3.09 bits per heavy atom. The number of aromatic nitrogens is 1. The molecule has 1 rings (SSSR count). The van der Waals surface area contributed by atoms with Crippen molar-refractivity contribution in [1.29, 1.82) is 0 Å². The predicted molar refractivity (Wildman–Crippen MR) is 49.7 cm³/mol. The quantitative estimate of drug-likeness (QED) is 0.811. The molecule has 0 aliphatic rings. The van der Waals surface area contributed by atoms with Crippen LogP contribution in [-0.2, 0) is 0 Å². The van der Waals surface area contributed by atoms with E-state index >= 15 is 0 Å². The first-order valence-corrected chi connectivity index (χ1v) is 4.96. The van der Waals surface area contributed by atoms with E-state index < -0.39 is 0 Å². The summed E-state index contributed by atoms with van der Waals surface area (Å²) < 4.78 is 0.985. The van der Waals surface area contributed by atoms with Crippen LogP contribution >= 0.6 is 27.7 Å². The molecule has 0 amide bonds. The molecule has 0 saturated heterocycles. The summed E-state index contributed by atoms with van der Waals surface area (Å²) in [5.74, 6) is 0.690. The first-order valence-electron chi connectivity index (χ1n) is 3.19. The second kappa shape index (κ2) is 4.74. The molecular weight excluding hydrogens is 226 g/mol. The Hall–Kier alpha value is -0.0600. The Morgan fingerprint density at radius 2 is 2.45 bits per heavy atom. The van der Waals surface area contributed by atoms with Gasteiger partial charge in [0.25, 0.3) is 0 Å². The van der Waals surface area contributed by atoms with Crippen molar-refractivity contribution in [2.24, 2.45) is 0 Å².